The lowest BCUT2D eigenvalue weighted by Crippen LogP contribution is -1.97. The van der Waals surface area contributed by atoms with E-state index in [2.05, 4.69) is 4.18 Å². The van der Waals surface area contributed by atoms with Crippen LogP contribution < -0.4 is 0 Å². The Bertz CT molecular complexity index is 366. The minimum absolute atomic E-state index is 0.0684. The van der Waals surface area contributed by atoms with Crippen LogP contribution in [0.4, 0.5) is 0 Å². The number of halogens is 1. The van der Waals surface area contributed by atoms with Gasteiger partial charge in [0.05, 0.1) is 6.61 Å². The van der Waals surface area contributed by atoms with Crippen LogP contribution in [0.3, 0.4) is 0 Å². The van der Waals surface area contributed by atoms with Crippen molar-refractivity contribution in [2.75, 3.05) is 0 Å². The van der Waals surface area contributed by atoms with Crippen LogP contribution in [0.15, 0.2) is 18.2 Å². The number of hydrogen-bond acceptors (Lipinski definition) is 3. The summed E-state index contributed by atoms with van der Waals surface area (Å²) in [6.07, 6.45) is 0.667. The van der Waals surface area contributed by atoms with Crippen LogP contribution in [0.2, 0.25) is 5.02 Å². The molecule has 0 saturated carbocycles. The molecule has 1 N–H and O–H groups in total. The molecule has 1 unspecified atom stereocenters. The third-order valence-electron chi connectivity index (χ3n) is 1.53. The normalized spacial score (nSPS) is 12.4. The van der Waals surface area contributed by atoms with E-state index in [0.29, 0.717) is 22.4 Å². The Morgan fingerprint density at radius 2 is 2.29 bits per heavy atom. The third kappa shape index (κ3) is 3.19. The molecule has 0 saturated heterocycles. The Morgan fingerprint density at radius 3 is 2.79 bits per heavy atom. The molecule has 4 nitrogen and oxygen atoms in total. The predicted molar refractivity (Wildman–Crippen MR) is 52.4 cm³/mol. The monoisotopic (exact) mass is 234 g/mol. The fourth-order valence-electron chi connectivity index (χ4n) is 0.868. The van der Waals surface area contributed by atoms with Crippen molar-refractivity contribution in [3.8, 4) is 0 Å². The topological polar surface area (TPSA) is 63.6 Å². The summed E-state index contributed by atoms with van der Waals surface area (Å²) in [6.45, 7) is -0.0684. The van der Waals surface area contributed by atoms with Crippen molar-refractivity contribution >= 4 is 29.2 Å². The lowest BCUT2D eigenvalue weighted by atomic mass is 10.1. The summed E-state index contributed by atoms with van der Waals surface area (Å²) in [5.41, 5.74) is 1.00. The summed E-state index contributed by atoms with van der Waals surface area (Å²) in [7, 11) is 0. The van der Waals surface area contributed by atoms with Crippen LogP contribution >= 0.6 is 11.6 Å². The van der Waals surface area contributed by atoms with Crippen LogP contribution in [0, 0.1) is 0 Å². The minimum atomic E-state index is -2.31. The van der Waals surface area contributed by atoms with Gasteiger partial charge >= 0.3 is 11.4 Å². The van der Waals surface area contributed by atoms with Crippen molar-refractivity contribution in [1.29, 1.82) is 0 Å². The van der Waals surface area contributed by atoms with E-state index in [1.54, 1.807) is 12.1 Å². The van der Waals surface area contributed by atoms with Gasteiger partial charge in [0.25, 0.3) is 0 Å². The van der Waals surface area contributed by atoms with Gasteiger partial charge in [-0.25, -0.2) is 0 Å². The first-order valence-electron chi connectivity index (χ1n) is 3.61. The molecule has 0 radical (unpaired) electrons. The van der Waals surface area contributed by atoms with Crippen LogP contribution in [0.1, 0.15) is 15.9 Å². The zero-order chi connectivity index (χ0) is 10.6. The number of carbonyl (C=O) groups is 1. The molecule has 0 aliphatic rings. The van der Waals surface area contributed by atoms with Gasteiger partial charge in [0, 0.05) is 10.6 Å². The Labute approximate surface area is 88.3 Å². The maximum Gasteiger partial charge on any atom is 0.302 e. The number of hydrogen-bond donors (Lipinski definition) is 1. The molecule has 1 aromatic rings. The second kappa shape index (κ2) is 5.21. The number of carbonyl (C=O) groups excluding carboxylic acids is 1. The van der Waals surface area contributed by atoms with Crippen molar-refractivity contribution in [1.82, 2.24) is 0 Å². The van der Waals surface area contributed by atoms with E-state index in [9.17, 15) is 9.00 Å². The highest BCUT2D eigenvalue weighted by atomic mass is 35.5. The maximum atomic E-state index is 10.4. The van der Waals surface area contributed by atoms with Crippen LogP contribution in [0.5, 0.6) is 0 Å². The highest BCUT2D eigenvalue weighted by Gasteiger charge is 2.03. The lowest BCUT2D eigenvalue weighted by Gasteiger charge is -2.02. The second-order valence-electron chi connectivity index (χ2n) is 2.45. The van der Waals surface area contributed by atoms with Gasteiger partial charge < -0.3 is 0 Å². The van der Waals surface area contributed by atoms with E-state index in [1.807, 2.05) is 0 Å². The molecular formula is C8H7ClO4S. The highest BCUT2D eigenvalue weighted by molar-refractivity contribution is 7.74. The van der Waals surface area contributed by atoms with Gasteiger partial charge in [-0.2, -0.15) is 4.21 Å². The van der Waals surface area contributed by atoms with Crippen LogP contribution in [-0.2, 0) is 22.2 Å². The number of benzene rings is 1. The molecule has 0 aliphatic heterocycles. The molecule has 6 heteroatoms. The molecule has 1 aromatic carbocycles. The Balaban J connectivity index is 2.78. The first kappa shape index (κ1) is 11.3. The molecular weight excluding hydrogens is 228 g/mol. The van der Waals surface area contributed by atoms with Crippen LogP contribution in [-0.4, -0.2) is 15.0 Å². The Hall–Kier alpha value is -0.750. The van der Waals surface area contributed by atoms with Gasteiger partial charge in [0.2, 0.25) is 0 Å². The number of rotatable bonds is 4. The fraction of sp³-hybridized carbons (Fsp3) is 0.125. The van der Waals surface area contributed by atoms with E-state index < -0.39 is 11.4 Å². The van der Waals surface area contributed by atoms with Gasteiger partial charge in [-0.15, -0.1) is 0 Å². The molecule has 0 amide bonds. The van der Waals surface area contributed by atoms with E-state index in [0.717, 1.165) is 0 Å². The van der Waals surface area contributed by atoms with Crippen molar-refractivity contribution in [3.05, 3.63) is 34.3 Å². The van der Waals surface area contributed by atoms with Gasteiger partial charge in [0.15, 0.2) is 0 Å². The molecule has 14 heavy (non-hydrogen) atoms. The Kier molecular flexibility index (Phi) is 4.21. The molecule has 1 rings (SSSR count). The summed E-state index contributed by atoms with van der Waals surface area (Å²) in [5.74, 6) is 0. The Morgan fingerprint density at radius 1 is 1.57 bits per heavy atom. The van der Waals surface area contributed by atoms with Crippen molar-refractivity contribution in [2.45, 2.75) is 6.61 Å². The van der Waals surface area contributed by atoms with Gasteiger partial charge in [-0.3, -0.25) is 13.5 Å². The van der Waals surface area contributed by atoms with E-state index >= 15 is 0 Å². The molecule has 0 aromatic heterocycles. The summed E-state index contributed by atoms with van der Waals surface area (Å²) in [6, 6.07) is 4.59. The minimum Gasteiger partial charge on any atom is -0.298 e. The van der Waals surface area contributed by atoms with E-state index in [1.165, 1.54) is 6.07 Å². The standard InChI is InChI=1S/C8H7ClO4S/c9-8-3-6(4-10)1-2-7(8)5-13-14(11)12/h1-4H,5H2,(H,11,12). The van der Waals surface area contributed by atoms with E-state index in [4.69, 9.17) is 16.2 Å². The summed E-state index contributed by atoms with van der Waals surface area (Å²) < 4.78 is 23.0. The zero-order valence-electron chi connectivity index (χ0n) is 6.97. The molecule has 0 bridgehead atoms. The summed E-state index contributed by atoms with van der Waals surface area (Å²) >= 11 is 3.46. The average Bonchev–Trinajstić information content (AvgIpc) is 2.15. The van der Waals surface area contributed by atoms with Crippen molar-refractivity contribution in [3.63, 3.8) is 0 Å². The predicted octanol–water partition coefficient (Wildman–Crippen LogP) is 1.81. The van der Waals surface area contributed by atoms with Gasteiger partial charge in [-0.05, 0) is 11.6 Å². The van der Waals surface area contributed by atoms with E-state index in [-0.39, 0.29) is 6.61 Å². The largest absolute Gasteiger partial charge is 0.302 e. The molecule has 0 aliphatic carbocycles. The SMILES string of the molecule is O=Cc1ccc(COS(=O)O)c(Cl)c1. The molecule has 0 heterocycles. The second-order valence-corrected chi connectivity index (χ2v) is 3.53. The molecule has 1 atom stereocenters. The van der Waals surface area contributed by atoms with Crippen molar-refractivity contribution < 1.29 is 17.7 Å². The van der Waals surface area contributed by atoms with Gasteiger partial charge in [0.1, 0.15) is 6.29 Å². The smallest absolute Gasteiger partial charge is 0.298 e. The molecule has 76 valence electrons. The summed E-state index contributed by atoms with van der Waals surface area (Å²) in [5, 5.41) is 0.333. The first-order valence-corrected chi connectivity index (χ1v) is 5.02. The number of aldehydes is 1. The zero-order valence-corrected chi connectivity index (χ0v) is 8.55. The highest BCUT2D eigenvalue weighted by Crippen LogP contribution is 2.18. The quantitative estimate of drug-likeness (QED) is 0.638. The summed E-state index contributed by atoms with van der Waals surface area (Å²) in [4.78, 5) is 10.4. The molecule has 0 spiro atoms. The van der Waals surface area contributed by atoms with Crippen molar-refractivity contribution in [2.24, 2.45) is 0 Å². The fourth-order valence-corrected chi connectivity index (χ4v) is 1.34. The third-order valence-corrected chi connectivity index (χ3v) is 2.20. The average molecular weight is 235 g/mol. The van der Waals surface area contributed by atoms with Gasteiger partial charge in [-0.1, -0.05) is 23.7 Å². The lowest BCUT2D eigenvalue weighted by molar-refractivity contribution is 0.112. The van der Waals surface area contributed by atoms with Crippen LogP contribution in [0.25, 0.3) is 0 Å². The first-order chi connectivity index (χ1) is 6.63. The molecule has 0 fully saturated rings. The maximum absolute atomic E-state index is 10.4.